The minimum absolute atomic E-state index is 0.177. The Hall–Kier alpha value is -2.82. The van der Waals surface area contributed by atoms with Crippen LogP contribution in [0.15, 0.2) is 59.9 Å². The molecule has 3 aromatic rings. The molecule has 5 nitrogen and oxygen atoms in total. The van der Waals surface area contributed by atoms with E-state index in [1.54, 1.807) is 0 Å². The van der Waals surface area contributed by atoms with Crippen LogP contribution in [-0.2, 0) is 6.54 Å². The van der Waals surface area contributed by atoms with Gasteiger partial charge in [-0.15, -0.1) is 0 Å². The molecule has 0 amide bonds. The fourth-order valence-electron chi connectivity index (χ4n) is 3.36. The number of nitrogens with one attached hydrogen (secondary N) is 2. The van der Waals surface area contributed by atoms with Crippen molar-refractivity contribution in [2.45, 2.75) is 39.3 Å². The molecule has 2 aromatic carbocycles. The molecule has 3 rings (SSSR count). The molecule has 0 aliphatic rings. The van der Waals surface area contributed by atoms with Gasteiger partial charge in [0.25, 0.3) is 0 Å². The smallest absolute Gasteiger partial charge is 0.191 e. The Kier molecular flexibility index (Phi) is 6.47. The minimum atomic E-state index is 0.177. The maximum Gasteiger partial charge on any atom is 0.191 e. The molecule has 5 heteroatoms. The molecule has 2 N–H and O–H groups in total. The van der Waals surface area contributed by atoms with Crippen molar-refractivity contribution < 1.29 is 0 Å². The number of aromatic nitrogens is 2. The number of aliphatic imine (C=N–C) groups is 1. The second kappa shape index (κ2) is 9.21. The van der Waals surface area contributed by atoms with Crippen molar-refractivity contribution in [1.82, 2.24) is 20.2 Å². The second-order valence-corrected chi connectivity index (χ2v) is 6.81. The van der Waals surface area contributed by atoms with E-state index in [1.165, 1.54) is 16.3 Å². The van der Waals surface area contributed by atoms with E-state index in [1.807, 2.05) is 26.4 Å². The van der Waals surface area contributed by atoms with Crippen molar-refractivity contribution in [3.8, 4) is 0 Å². The molecule has 0 spiro atoms. The molecule has 1 unspecified atom stereocenters. The standard InChI is InChI=1S/C22H29N5/c1-17(20-12-8-10-19-9-4-5-11-21(19)20)26-22(23-3)25-13-6-7-15-27-16-14-24-18(27)2/h4-5,8-12,14,16-17H,6-7,13,15H2,1-3H3,(H2,23,25,26). The van der Waals surface area contributed by atoms with E-state index in [-0.39, 0.29) is 6.04 Å². The van der Waals surface area contributed by atoms with E-state index in [2.05, 4.69) is 74.6 Å². The maximum atomic E-state index is 4.37. The fourth-order valence-corrected chi connectivity index (χ4v) is 3.36. The summed E-state index contributed by atoms with van der Waals surface area (Å²) in [5.74, 6) is 1.92. The molecular weight excluding hydrogens is 334 g/mol. The lowest BCUT2D eigenvalue weighted by atomic mass is 10.00. The molecular formula is C22H29N5. The fraction of sp³-hybridized carbons (Fsp3) is 0.364. The van der Waals surface area contributed by atoms with Crippen LogP contribution in [0, 0.1) is 6.92 Å². The first-order valence-corrected chi connectivity index (χ1v) is 9.61. The van der Waals surface area contributed by atoms with Gasteiger partial charge in [-0.3, -0.25) is 4.99 Å². The molecule has 0 fully saturated rings. The van der Waals surface area contributed by atoms with Gasteiger partial charge < -0.3 is 15.2 Å². The van der Waals surface area contributed by atoms with Crippen molar-refractivity contribution in [3.05, 3.63) is 66.2 Å². The number of hydrogen-bond donors (Lipinski definition) is 2. The summed E-state index contributed by atoms with van der Waals surface area (Å²) in [6.45, 7) is 6.12. The average molecular weight is 364 g/mol. The Labute approximate surface area is 161 Å². The largest absolute Gasteiger partial charge is 0.356 e. The summed E-state index contributed by atoms with van der Waals surface area (Å²) in [7, 11) is 1.82. The SMILES string of the molecule is CN=C(NCCCCn1ccnc1C)NC(C)c1cccc2ccccc12. The molecule has 27 heavy (non-hydrogen) atoms. The lowest BCUT2D eigenvalue weighted by Crippen LogP contribution is -2.39. The molecule has 1 heterocycles. The quantitative estimate of drug-likeness (QED) is 0.378. The Balaban J connectivity index is 1.50. The number of guanidine groups is 1. The van der Waals surface area contributed by atoms with Crippen LogP contribution in [0.1, 0.15) is 37.2 Å². The molecule has 0 saturated carbocycles. The van der Waals surface area contributed by atoms with Crippen molar-refractivity contribution in [3.63, 3.8) is 0 Å². The van der Waals surface area contributed by atoms with Crippen LogP contribution in [-0.4, -0.2) is 29.1 Å². The Bertz CT molecular complexity index is 891. The topological polar surface area (TPSA) is 54.2 Å². The zero-order valence-electron chi connectivity index (χ0n) is 16.4. The van der Waals surface area contributed by atoms with Crippen LogP contribution in [0.3, 0.4) is 0 Å². The summed E-state index contributed by atoms with van der Waals surface area (Å²) in [6, 6.07) is 15.1. The van der Waals surface area contributed by atoms with Crippen molar-refractivity contribution in [2.75, 3.05) is 13.6 Å². The van der Waals surface area contributed by atoms with Gasteiger partial charge in [-0.05, 0) is 43.0 Å². The molecule has 142 valence electrons. The monoisotopic (exact) mass is 363 g/mol. The number of unbranched alkanes of at least 4 members (excludes halogenated alkanes) is 1. The average Bonchev–Trinajstić information content (AvgIpc) is 3.11. The van der Waals surface area contributed by atoms with Gasteiger partial charge in [0.2, 0.25) is 0 Å². The number of fused-ring (bicyclic) bond motifs is 1. The van der Waals surface area contributed by atoms with Gasteiger partial charge in [0.1, 0.15) is 5.82 Å². The molecule has 0 saturated heterocycles. The van der Waals surface area contributed by atoms with Crippen LogP contribution in [0.2, 0.25) is 0 Å². The summed E-state index contributed by atoms with van der Waals surface area (Å²) in [5, 5.41) is 9.49. The van der Waals surface area contributed by atoms with E-state index < -0.39 is 0 Å². The van der Waals surface area contributed by atoms with E-state index >= 15 is 0 Å². The molecule has 0 aliphatic heterocycles. The first-order chi connectivity index (χ1) is 13.2. The van der Waals surface area contributed by atoms with Gasteiger partial charge in [0.05, 0.1) is 6.04 Å². The first-order valence-electron chi connectivity index (χ1n) is 9.61. The zero-order chi connectivity index (χ0) is 19.1. The number of imidazole rings is 1. The van der Waals surface area contributed by atoms with Gasteiger partial charge in [-0.2, -0.15) is 0 Å². The second-order valence-electron chi connectivity index (χ2n) is 6.81. The predicted octanol–water partition coefficient (Wildman–Crippen LogP) is 4.05. The number of aryl methyl sites for hydroxylation is 2. The van der Waals surface area contributed by atoms with Gasteiger partial charge >= 0.3 is 0 Å². The number of benzene rings is 2. The molecule has 0 aliphatic carbocycles. The minimum Gasteiger partial charge on any atom is -0.356 e. The third-order valence-electron chi connectivity index (χ3n) is 4.91. The molecule has 0 bridgehead atoms. The lowest BCUT2D eigenvalue weighted by Gasteiger charge is -2.20. The Morgan fingerprint density at radius 3 is 2.74 bits per heavy atom. The highest BCUT2D eigenvalue weighted by molar-refractivity contribution is 5.87. The van der Waals surface area contributed by atoms with E-state index in [4.69, 9.17) is 0 Å². The molecule has 1 aromatic heterocycles. The van der Waals surface area contributed by atoms with Crippen molar-refractivity contribution >= 4 is 16.7 Å². The van der Waals surface area contributed by atoms with Crippen molar-refractivity contribution in [1.29, 1.82) is 0 Å². The summed E-state index contributed by atoms with van der Waals surface area (Å²) in [5.41, 5.74) is 1.28. The number of hydrogen-bond acceptors (Lipinski definition) is 2. The lowest BCUT2D eigenvalue weighted by molar-refractivity contribution is 0.585. The molecule has 0 radical (unpaired) electrons. The maximum absolute atomic E-state index is 4.37. The van der Waals surface area contributed by atoms with E-state index in [9.17, 15) is 0 Å². The predicted molar refractivity (Wildman–Crippen MR) is 113 cm³/mol. The highest BCUT2D eigenvalue weighted by Crippen LogP contribution is 2.23. The van der Waals surface area contributed by atoms with Crippen LogP contribution < -0.4 is 10.6 Å². The van der Waals surface area contributed by atoms with Crippen LogP contribution in [0.5, 0.6) is 0 Å². The van der Waals surface area contributed by atoms with Gasteiger partial charge in [-0.25, -0.2) is 4.98 Å². The zero-order valence-corrected chi connectivity index (χ0v) is 16.4. The summed E-state index contributed by atoms with van der Waals surface area (Å²) in [6.07, 6.45) is 6.09. The van der Waals surface area contributed by atoms with Crippen LogP contribution >= 0.6 is 0 Å². The highest BCUT2D eigenvalue weighted by atomic mass is 15.2. The third kappa shape index (κ3) is 4.88. The molecule has 1 atom stereocenters. The number of rotatable bonds is 7. The first kappa shape index (κ1) is 19.0. The van der Waals surface area contributed by atoms with Gasteiger partial charge in [0, 0.05) is 32.5 Å². The van der Waals surface area contributed by atoms with E-state index in [0.29, 0.717) is 0 Å². The Morgan fingerprint density at radius 2 is 1.96 bits per heavy atom. The summed E-state index contributed by atoms with van der Waals surface area (Å²) < 4.78 is 2.19. The van der Waals surface area contributed by atoms with E-state index in [0.717, 1.165) is 37.7 Å². The van der Waals surface area contributed by atoms with Gasteiger partial charge in [0.15, 0.2) is 5.96 Å². The summed E-state index contributed by atoms with van der Waals surface area (Å²) >= 11 is 0. The van der Waals surface area contributed by atoms with Crippen LogP contribution in [0.4, 0.5) is 0 Å². The van der Waals surface area contributed by atoms with Crippen molar-refractivity contribution in [2.24, 2.45) is 4.99 Å². The summed E-state index contributed by atoms with van der Waals surface area (Å²) in [4.78, 5) is 8.63. The normalized spacial score (nSPS) is 12.9. The Morgan fingerprint density at radius 1 is 1.15 bits per heavy atom. The van der Waals surface area contributed by atoms with Crippen LogP contribution in [0.25, 0.3) is 10.8 Å². The third-order valence-corrected chi connectivity index (χ3v) is 4.91. The van der Waals surface area contributed by atoms with Gasteiger partial charge in [-0.1, -0.05) is 42.5 Å². The highest BCUT2D eigenvalue weighted by Gasteiger charge is 2.10. The number of nitrogens with zero attached hydrogens (tertiary/aromatic N) is 3.